The van der Waals surface area contributed by atoms with Crippen LogP contribution < -0.4 is 14.8 Å². The standard InChI is InChI=1S/C15H20N2O3/c1-10-7-16-8-11(2)17(10)15(18)14-9-19-12-5-3-4-6-13(12)20-14/h3-6,10-11,14,16H,7-9H2,1-2H3. The Morgan fingerprint density at radius 1 is 1.20 bits per heavy atom. The lowest BCUT2D eigenvalue weighted by atomic mass is 10.1. The van der Waals surface area contributed by atoms with Gasteiger partial charge in [-0.3, -0.25) is 4.79 Å². The largest absolute Gasteiger partial charge is 0.485 e. The third-order valence-electron chi connectivity index (χ3n) is 3.87. The van der Waals surface area contributed by atoms with E-state index in [1.54, 1.807) is 0 Å². The first kappa shape index (κ1) is 13.2. The summed E-state index contributed by atoms with van der Waals surface area (Å²) in [5.74, 6) is 1.37. The molecular formula is C15H20N2O3. The molecule has 20 heavy (non-hydrogen) atoms. The quantitative estimate of drug-likeness (QED) is 0.832. The van der Waals surface area contributed by atoms with Crippen LogP contribution >= 0.6 is 0 Å². The maximum atomic E-state index is 12.7. The van der Waals surface area contributed by atoms with Crippen LogP contribution in [0, 0.1) is 0 Å². The summed E-state index contributed by atoms with van der Waals surface area (Å²) in [6, 6.07) is 7.81. The second kappa shape index (κ2) is 5.32. The summed E-state index contributed by atoms with van der Waals surface area (Å²) >= 11 is 0. The van der Waals surface area contributed by atoms with Gasteiger partial charge < -0.3 is 19.7 Å². The molecule has 2 aliphatic heterocycles. The molecular weight excluding hydrogens is 256 g/mol. The molecule has 5 heteroatoms. The predicted octanol–water partition coefficient (Wildman–Crippen LogP) is 1.04. The van der Waals surface area contributed by atoms with Crippen molar-refractivity contribution in [1.82, 2.24) is 10.2 Å². The van der Waals surface area contributed by atoms with Crippen LogP contribution in [-0.4, -0.2) is 48.7 Å². The average molecular weight is 276 g/mol. The first-order valence-electron chi connectivity index (χ1n) is 7.08. The Morgan fingerprint density at radius 2 is 1.85 bits per heavy atom. The van der Waals surface area contributed by atoms with Gasteiger partial charge in [-0.25, -0.2) is 0 Å². The van der Waals surface area contributed by atoms with E-state index in [-0.39, 0.29) is 24.6 Å². The number of carbonyl (C=O) groups excluding carboxylic acids is 1. The highest BCUT2D eigenvalue weighted by molar-refractivity contribution is 5.82. The molecule has 0 radical (unpaired) electrons. The third kappa shape index (κ3) is 2.33. The molecule has 0 aromatic heterocycles. The molecule has 1 saturated heterocycles. The van der Waals surface area contributed by atoms with Crippen molar-refractivity contribution in [2.24, 2.45) is 0 Å². The van der Waals surface area contributed by atoms with Gasteiger partial charge in [0.2, 0.25) is 6.10 Å². The van der Waals surface area contributed by atoms with Crippen molar-refractivity contribution in [3.05, 3.63) is 24.3 Å². The van der Waals surface area contributed by atoms with Gasteiger partial charge in [0.25, 0.3) is 5.91 Å². The van der Waals surface area contributed by atoms with Crippen LogP contribution in [0.15, 0.2) is 24.3 Å². The minimum Gasteiger partial charge on any atom is -0.485 e. The third-order valence-corrected chi connectivity index (χ3v) is 3.87. The van der Waals surface area contributed by atoms with Crippen molar-refractivity contribution >= 4 is 5.91 Å². The predicted molar refractivity (Wildman–Crippen MR) is 75.0 cm³/mol. The van der Waals surface area contributed by atoms with E-state index < -0.39 is 6.10 Å². The fourth-order valence-corrected chi connectivity index (χ4v) is 2.87. The van der Waals surface area contributed by atoms with E-state index in [0.717, 1.165) is 13.1 Å². The highest BCUT2D eigenvalue weighted by Crippen LogP contribution is 2.31. The second-order valence-corrected chi connectivity index (χ2v) is 5.47. The lowest BCUT2D eigenvalue weighted by Crippen LogP contribution is -2.61. The van der Waals surface area contributed by atoms with Gasteiger partial charge >= 0.3 is 0 Å². The highest BCUT2D eigenvalue weighted by atomic mass is 16.6. The average Bonchev–Trinajstić information content (AvgIpc) is 2.46. The molecule has 0 bridgehead atoms. The maximum Gasteiger partial charge on any atom is 0.267 e. The first-order valence-corrected chi connectivity index (χ1v) is 7.08. The van der Waals surface area contributed by atoms with Gasteiger partial charge in [-0.1, -0.05) is 12.1 Å². The number of ether oxygens (including phenoxy) is 2. The number of benzene rings is 1. The molecule has 5 nitrogen and oxygen atoms in total. The lowest BCUT2D eigenvalue weighted by molar-refractivity contribution is -0.146. The van der Waals surface area contributed by atoms with Crippen molar-refractivity contribution < 1.29 is 14.3 Å². The van der Waals surface area contributed by atoms with Gasteiger partial charge in [0.05, 0.1) is 0 Å². The van der Waals surface area contributed by atoms with E-state index in [9.17, 15) is 4.79 Å². The molecule has 1 amide bonds. The monoisotopic (exact) mass is 276 g/mol. The Morgan fingerprint density at radius 3 is 2.55 bits per heavy atom. The topological polar surface area (TPSA) is 50.8 Å². The molecule has 0 spiro atoms. The Kier molecular flexibility index (Phi) is 3.53. The number of hydrogen-bond donors (Lipinski definition) is 1. The van der Waals surface area contributed by atoms with Gasteiger partial charge in [0, 0.05) is 25.2 Å². The molecule has 2 heterocycles. The van der Waals surface area contributed by atoms with E-state index in [1.807, 2.05) is 29.2 Å². The maximum absolute atomic E-state index is 12.7. The molecule has 3 unspecified atom stereocenters. The van der Waals surface area contributed by atoms with E-state index in [4.69, 9.17) is 9.47 Å². The summed E-state index contributed by atoms with van der Waals surface area (Å²) in [5, 5.41) is 3.32. The number of amides is 1. The van der Waals surface area contributed by atoms with Gasteiger partial charge in [-0.05, 0) is 26.0 Å². The van der Waals surface area contributed by atoms with Gasteiger partial charge in [-0.15, -0.1) is 0 Å². The Bertz CT molecular complexity index is 496. The van der Waals surface area contributed by atoms with Crippen LogP contribution in [0.3, 0.4) is 0 Å². The number of fused-ring (bicyclic) bond motifs is 1. The van der Waals surface area contributed by atoms with Crippen molar-refractivity contribution in [3.63, 3.8) is 0 Å². The van der Waals surface area contributed by atoms with Crippen molar-refractivity contribution in [1.29, 1.82) is 0 Å². The van der Waals surface area contributed by atoms with Gasteiger partial charge in [0.1, 0.15) is 6.61 Å². The summed E-state index contributed by atoms with van der Waals surface area (Å²) in [6.07, 6.45) is -0.548. The Labute approximate surface area is 118 Å². The number of hydrogen-bond acceptors (Lipinski definition) is 4. The molecule has 0 saturated carbocycles. The zero-order valence-electron chi connectivity index (χ0n) is 11.8. The number of nitrogens with one attached hydrogen (secondary N) is 1. The highest BCUT2D eigenvalue weighted by Gasteiger charge is 2.36. The Hall–Kier alpha value is -1.75. The number of rotatable bonds is 1. The van der Waals surface area contributed by atoms with Crippen molar-refractivity contribution in [2.45, 2.75) is 32.0 Å². The normalized spacial score (nSPS) is 29.1. The molecule has 3 atom stereocenters. The number of piperazine rings is 1. The van der Waals surface area contributed by atoms with Crippen LogP contribution in [-0.2, 0) is 4.79 Å². The molecule has 108 valence electrons. The fourth-order valence-electron chi connectivity index (χ4n) is 2.87. The zero-order chi connectivity index (χ0) is 14.1. The molecule has 1 N–H and O–H groups in total. The summed E-state index contributed by atoms with van der Waals surface area (Å²) in [6.45, 7) is 6.02. The van der Waals surface area contributed by atoms with E-state index in [1.165, 1.54) is 0 Å². The van der Waals surface area contributed by atoms with Crippen molar-refractivity contribution in [3.8, 4) is 11.5 Å². The lowest BCUT2D eigenvalue weighted by Gasteiger charge is -2.41. The SMILES string of the molecule is CC1CNCC(C)N1C(=O)C1COc2ccccc2O1. The Balaban J connectivity index is 1.75. The van der Waals surface area contributed by atoms with Gasteiger partial charge in [0.15, 0.2) is 11.5 Å². The molecule has 1 fully saturated rings. The smallest absolute Gasteiger partial charge is 0.267 e. The van der Waals surface area contributed by atoms with E-state index in [2.05, 4.69) is 19.2 Å². The van der Waals surface area contributed by atoms with Crippen LogP contribution in [0.4, 0.5) is 0 Å². The fraction of sp³-hybridized carbons (Fsp3) is 0.533. The summed E-state index contributed by atoms with van der Waals surface area (Å²) in [7, 11) is 0. The molecule has 0 aliphatic carbocycles. The molecule has 2 aliphatic rings. The summed E-state index contributed by atoms with van der Waals surface area (Å²) in [4.78, 5) is 14.6. The summed E-state index contributed by atoms with van der Waals surface area (Å²) < 4.78 is 11.4. The van der Waals surface area contributed by atoms with Crippen LogP contribution in [0.2, 0.25) is 0 Å². The minimum atomic E-state index is -0.548. The van der Waals surface area contributed by atoms with Crippen LogP contribution in [0.1, 0.15) is 13.8 Å². The van der Waals surface area contributed by atoms with E-state index >= 15 is 0 Å². The van der Waals surface area contributed by atoms with Crippen LogP contribution in [0.5, 0.6) is 11.5 Å². The molecule has 1 aromatic carbocycles. The molecule has 3 rings (SSSR count). The number of para-hydroxylation sites is 2. The second-order valence-electron chi connectivity index (χ2n) is 5.47. The van der Waals surface area contributed by atoms with Crippen LogP contribution in [0.25, 0.3) is 0 Å². The zero-order valence-corrected chi connectivity index (χ0v) is 11.8. The van der Waals surface area contributed by atoms with Crippen molar-refractivity contribution in [2.75, 3.05) is 19.7 Å². The number of carbonyl (C=O) groups is 1. The number of nitrogens with zero attached hydrogens (tertiary/aromatic N) is 1. The van der Waals surface area contributed by atoms with E-state index in [0.29, 0.717) is 11.5 Å². The molecule has 1 aromatic rings. The minimum absolute atomic E-state index is 0.0148. The van der Waals surface area contributed by atoms with Gasteiger partial charge in [-0.2, -0.15) is 0 Å². The summed E-state index contributed by atoms with van der Waals surface area (Å²) in [5.41, 5.74) is 0. The first-order chi connectivity index (χ1) is 9.66.